The van der Waals surface area contributed by atoms with Crippen LogP contribution in [0.2, 0.25) is 0 Å². The van der Waals surface area contributed by atoms with Crippen molar-refractivity contribution in [1.82, 2.24) is 4.90 Å². The molecule has 0 unspecified atom stereocenters. The summed E-state index contributed by atoms with van der Waals surface area (Å²) >= 11 is 0. The largest absolute Gasteiger partial charge is 0.493 e. The van der Waals surface area contributed by atoms with Gasteiger partial charge in [0.15, 0.2) is 11.5 Å². The maximum Gasteiger partial charge on any atom is 0.161 e. The molecule has 1 aliphatic carbocycles. The van der Waals surface area contributed by atoms with Crippen LogP contribution in [0.5, 0.6) is 11.5 Å². The highest BCUT2D eigenvalue weighted by molar-refractivity contribution is 5.43. The Morgan fingerprint density at radius 2 is 1.96 bits per heavy atom. The summed E-state index contributed by atoms with van der Waals surface area (Å²) in [5.74, 6) is 1.60. The lowest BCUT2D eigenvalue weighted by Gasteiger charge is -2.37. The first-order chi connectivity index (χ1) is 13.2. The molecule has 0 bridgehead atoms. The monoisotopic (exact) mass is 377 g/mol. The van der Waals surface area contributed by atoms with Crippen LogP contribution in [-0.2, 0) is 11.2 Å². The number of hydrogen-bond donors (Lipinski definition) is 1. The van der Waals surface area contributed by atoms with E-state index >= 15 is 0 Å². The molecule has 152 valence electrons. The van der Waals surface area contributed by atoms with Gasteiger partial charge in [0.25, 0.3) is 0 Å². The predicted molar refractivity (Wildman–Crippen MR) is 107 cm³/mol. The summed E-state index contributed by atoms with van der Waals surface area (Å²) in [4.78, 5) is 2.44. The molecule has 0 spiro atoms. The minimum absolute atomic E-state index is 0.159. The van der Waals surface area contributed by atoms with Gasteiger partial charge in [-0.15, -0.1) is 0 Å². The summed E-state index contributed by atoms with van der Waals surface area (Å²) in [5, 5.41) is 9.86. The van der Waals surface area contributed by atoms with Crippen LogP contribution in [-0.4, -0.2) is 61.7 Å². The summed E-state index contributed by atoms with van der Waals surface area (Å²) < 4.78 is 17.5. The fraction of sp³-hybridized carbons (Fsp3) is 0.727. The molecule has 1 aromatic rings. The van der Waals surface area contributed by atoms with Crippen LogP contribution in [0.15, 0.2) is 18.2 Å². The summed E-state index contributed by atoms with van der Waals surface area (Å²) in [6.07, 6.45) is 7.72. The molecule has 2 aliphatic rings. The molecule has 1 aliphatic heterocycles. The minimum Gasteiger partial charge on any atom is -0.493 e. The third-order valence-corrected chi connectivity index (χ3v) is 5.74. The Morgan fingerprint density at radius 3 is 2.70 bits per heavy atom. The first kappa shape index (κ1) is 20.4. The normalized spacial score (nSPS) is 26.3. The van der Waals surface area contributed by atoms with Gasteiger partial charge < -0.3 is 19.3 Å². The van der Waals surface area contributed by atoms with Gasteiger partial charge in [-0.2, -0.15) is 0 Å². The maximum absolute atomic E-state index is 9.86. The Hall–Kier alpha value is -1.30. The molecule has 1 saturated heterocycles. The lowest BCUT2D eigenvalue weighted by atomic mass is 9.91. The van der Waals surface area contributed by atoms with Crippen molar-refractivity contribution in [3.63, 3.8) is 0 Å². The fourth-order valence-electron chi connectivity index (χ4n) is 4.29. The SMILES string of the molecule is CCCOc1ccc(CCO[C@@H]2CCCC[C@H]2N2CC[C@@H](O)C2)cc1OC. The van der Waals surface area contributed by atoms with Crippen LogP contribution in [0.25, 0.3) is 0 Å². The van der Waals surface area contributed by atoms with Crippen LogP contribution in [0.4, 0.5) is 0 Å². The number of methoxy groups -OCH3 is 1. The van der Waals surface area contributed by atoms with Crippen LogP contribution in [0, 0.1) is 0 Å². The average Bonchev–Trinajstić information content (AvgIpc) is 3.13. The first-order valence-electron chi connectivity index (χ1n) is 10.5. The van der Waals surface area contributed by atoms with Crippen molar-refractivity contribution in [2.24, 2.45) is 0 Å². The standard InChI is InChI=1S/C22H35NO4/c1-3-13-26-21-9-8-17(15-22(21)25-2)11-14-27-20-7-5-4-6-19(20)23-12-10-18(24)16-23/h8-9,15,18-20,24H,3-7,10-14,16H2,1-2H3/t18-,19-,20-/m1/s1. The van der Waals surface area contributed by atoms with Gasteiger partial charge in [0, 0.05) is 19.1 Å². The van der Waals surface area contributed by atoms with Gasteiger partial charge in [0.05, 0.1) is 32.5 Å². The van der Waals surface area contributed by atoms with Crippen molar-refractivity contribution in [2.75, 3.05) is 33.4 Å². The fourth-order valence-corrected chi connectivity index (χ4v) is 4.29. The molecule has 2 fully saturated rings. The van der Waals surface area contributed by atoms with E-state index in [9.17, 15) is 5.11 Å². The highest BCUT2D eigenvalue weighted by Gasteiger charge is 2.34. The van der Waals surface area contributed by atoms with Crippen molar-refractivity contribution in [2.45, 2.75) is 70.1 Å². The molecule has 27 heavy (non-hydrogen) atoms. The number of hydrogen-bond acceptors (Lipinski definition) is 5. The highest BCUT2D eigenvalue weighted by atomic mass is 16.5. The molecule has 0 radical (unpaired) electrons. The number of likely N-dealkylation sites (tertiary alicyclic amines) is 1. The van der Waals surface area contributed by atoms with E-state index in [0.29, 0.717) is 12.6 Å². The Morgan fingerprint density at radius 1 is 1.11 bits per heavy atom. The van der Waals surface area contributed by atoms with Crippen molar-refractivity contribution < 1.29 is 19.3 Å². The van der Waals surface area contributed by atoms with Gasteiger partial charge in [0.1, 0.15) is 0 Å². The van der Waals surface area contributed by atoms with Crippen LogP contribution < -0.4 is 9.47 Å². The van der Waals surface area contributed by atoms with E-state index < -0.39 is 0 Å². The van der Waals surface area contributed by atoms with Crippen LogP contribution >= 0.6 is 0 Å². The lowest BCUT2D eigenvalue weighted by molar-refractivity contribution is -0.0316. The Kier molecular flexibility index (Phi) is 7.80. The van der Waals surface area contributed by atoms with E-state index in [4.69, 9.17) is 14.2 Å². The summed E-state index contributed by atoms with van der Waals surface area (Å²) in [6, 6.07) is 6.63. The number of aliphatic hydroxyl groups is 1. The zero-order valence-corrected chi connectivity index (χ0v) is 16.9. The second-order valence-corrected chi connectivity index (χ2v) is 7.78. The van der Waals surface area contributed by atoms with Crippen molar-refractivity contribution in [1.29, 1.82) is 0 Å². The smallest absolute Gasteiger partial charge is 0.161 e. The molecule has 0 amide bonds. The van der Waals surface area contributed by atoms with Crippen LogP contribution in [0.1, 0.15) is 51.0 Å². The van der Waals surface area contributed by atoms with Crippen molar-refractivity contribution in [3.05, 3.63) is 23.8 Å². The van der Waals surface area contributed by atoms with E-state index in [1.165, 1.54) is 24.8 Å². The van der Waals surface area contributed by atoms with Gasteiger partial charge in [-0.25, -0.2) is 0 Å². The second kappa shape index (κ2) is 10.3. The molecule has 1 aromatic carbocycles. The maximum atomic E-state index is 9.86. The van der Waals surface area contributed by atoms with E-state index in [1.807, 2.05) is 6.07 Å². The number of benzene rings is 1. The molecule has 0 aromatic heterocycles. The third-order valence-electron chi connectivity index (χ3n) is 5.74. The van der Waals surface area contributed by atoms with Crippen molar-refractivity contribution in [3.8, 4) is 11.5 Å². The molecule has 3 atom stereocenters. The van der Waals surface area contributed by atoms with E-state index in [2.05, 4.69) is 24.0 Å². The molecule has 5 heteroatoms. The number of rotatable bonds is 9. The average molecular weight is 378 g/mol. The molecule has 3 rings (SSSR count). The van der Waals surface area contributed by atoms with Gasteiger partial charge in [0.2, 0.25) is 0 Å². The van der Waals surface area contributed by atoms with E-state index in [1.54, 1.807) is 7.11 Å². The highest BCUT2D eigenvalue weighted by Crippen LogP contribution is 2.30. The summed E-state index contributed by atoms with van der Waals surface area (Å²) in [6.45, 7) is 5.32. The molecular formula is C22H35NO4. The van der Waals surface area contributed by atoms with Gasteiger partial charge in [-0.3, -0.25) is 4.90 Å². The lowest BCUT2D eigenvalue weighted by Crippen LogP contribution is -2.46. The van der Waals surface area contributed by atoms with Gasteiger partial charge in [-0.1, -0.05) is 25.8 Å². The van der Waals surface area contributed by atoms with Gasteiger partial charge in [-0.05, 0) is 49.8 Å². The molecule has 5 nitrogen and oxygen atoms in total. The molecule has 1 saturated carbocycles. The van der Waals surface area contributed by atoms with E-state index in [-0.39, 0.29) is 12.2 Å². The molecular weight excluding hydrogens is 342 g/mol. The topological polar surface area (TPSA) is 51.2 Å². The number of ether oxygens (including phenoxy) is 3. The Labute approximate surface area is 163 Å². The first-order valence-corrected chi connectivity index (χ1v) is 10.5. The number of aliphatic hydroxyl groups excluding tert-OH is 1. The van der Waals surface area contributed by atoms with Crippen molar-refractivity contribution >= 4 is 0 Å². The second-order valence-electron chi connectivity index (χ2n) is 7.78. The zero-order valence-electron chi connectivity index (χ0n) is 16.9. The Bertz CT molecular complexity index is 579. The minimum atomic E-state index is -0.159. The third kappa shape index (κ3) is 5.59. The van der Waals surface area contributed by atoms with Gasteiger partial charge >= 0.3 is 0 Å². The quantitative estimate of drug-likeness (QED) is 0.715. The van der Waals surface area contributed by atoms with Crippen LogP contribution in [0.3, 0.4) is 0 Å². The number of β-amino-alcohol motifs (C(OH)–C–C–N with tert-alkyl or cyclic N) is 1. The summed E-state index contributed by atoms with van der Waals surface area (Å²) in [7, 11) is 1.69. The van der Waals surface area contributed by atoms with E-state index in [0.717, 1.165) is 56.9 Å². The molecule has 1 N–H and O–H groups in total. The predicted octanol–water partition coefficient (Wildman–Crippen LogP) is 3.42. The Balaban J connectivity index is 1.52. The summed E-state index contributed by atoms with van der Waals surface area (Å²) in [5.41, 5.74) is 1.21. The molecule has 1 heterocycles. The number of nitrogens with zero attached hydrogens (tertiary/aromatic N) is 1. The zero-order chi connectivity index (χ0) is 19.1.